The van der Waals surface area contributed by atoms with Gasteiger partial charge in [-0.25, -0.2) is 0 Å². The summed E-state index contributed by atoms with van der Waals surface area (Å²) in [6.45, 7) is -0.394. The lowest BCUT2D eigenvalue weighted by atomic mass is 10.3. The Kier molecular flexibility index (Phi) is 2.78. The molecule has 0 bridgehead atoms. The highest BCUT2D eigenvalue weighted by atomic mass is 19.4. The van der Waals surface area contributed by atoms with Crippen LogP contribution in [-0.2, 0) is 6.54 Å². The molecule has 0 atom stereocenters. The molecule has 4 nitrogen and oxygen atoms in total. The lowest BCUT2D eigenvalue weighted by molar-refractivity contribution is -0.137. The van der Waals surface area contributed by atoms with E-state index in [-0.39, 0.29) is 5.69 Å². The van der Waals surface area contributed by atoms with E-state index >= 15 is 0 Å². The Morgan fingerprint density at radius 1 is 1.57 bits per heavy atom. The molecule has 0 radical (unpaired) electrons. The van der Waals surface area contributed by atoms with E-state index in [2.05, 4.69) is 5.10 Å². The summed E-state index contributed by atoms with van der Waals surface area (Å²) >= 11 is 0. The molecule has 0 aliphatic heterocycles. The largest absolute Gasteiger partial charge is 0.390 e. The minimum Gasteiger partial charge on any atom is -0.364 e. The predicted octanol–water partition coefficient (Wildman–Crippen LogP) is 0.934. The molecule has 0 saturated heterocycles. The Balaban J connectivity index is 2.68. The standard InChI is InChI=1S/C7H8F3N3O/c8-7(9,10)2-4-13-5(6(11)14)1-3-12-13/h1,3H,2,4H2,(H2,11,14). The van der Waals surface area contributed by atoms with Crippen molar-refractivity contribution in [3.05, 3.63) is 18.0 Å². The molecule has 0 aliphatic carbocycles. The van der Waals surface area contributed by atoms with Crippen molar-refractivity contribution in [3.63, 3.8) is 0 Å². The summed E-state index contributed by atoms with van der Waals surface area (Å²) in [6, 6.07) is 1.28. The van der Waals surface area contributed by atoms with Crippen molar-refractivity contribution in [2.45, 2.75) is 19.1 Å². The van der Waals surface area contributed by atoms with Crippen LogP contribution in [0.3, 0.4) is 0 Å². The summed E-state index contributed by atoms with van der Waals surface area (Å²) in [5.41, 5.74) is 4.90. The Labute approximate surface area is 77.5 Å². The van der Waals surface area contributed by atoms with E-state index in [9.17, 15) is 18.0 Å². The van der Waals surface area contributed by atoms with Gasteiger partial charge in [0.1, 0.15) is 5.69 Å². The highest BCUT2D eigenvalue weighted by Gasteiger charge is 2.27. The fourth-order valence-corrected chi connectivity index (χ4v) is 0.953. The van der Waals surface area contributed by atoms with E-state index in [4.69, 9.17) is 5.73 Å². The summed E-state index contributed by atoms with van der Waals surface area (Å²) in [4.78, 5) is 10.7. The molecule has 0 fully saturated rings. The van der Waals surface area contributed by atoms with Crippen molar-refractivity contribution in [1.82, 2.24) is 9.78 Å². The molecule has 2 N–H and O–H groups in total. The van der Waals surface area contributed by atoms with E-state index in [0.717, 1.165) is 4.68 Å². The molecular formula is C7H8F3N3O. The third-order valence-corrected chi connectivity index (χ3v) is 1.58. The molecule has 0 aliphatic rings. The fraction of sp³-hybridized carbons (Fsp3) is 0.429. The molecule has 1 aromatic heterocycles. The summed E-state index contributed by atoms with van der Waals surface area (Å²) in [5, 5.41) is 3.56. The minimum atomic E-state index is -4.26. The second kappa shape index (κ2) is 3.69. The van der Waals surface area contributed by atoms with E-state index in [0.29, 0.717) is 0 Å². The van der Waals surface area contributed by atoms with Crippen molar-refractivity contribution in [2.24, 2.45) is 5.73 Å². The van der Waals surface area contributed by atoms with Crippen molar-refractivity contribution in [3.8, 4) is 0 Å². The third kappa shape index (κ3) is 2.75. The van der Waals surface area contributed by atoms with Gasteiger partial charge >= 0.3 is 6.18 Å². The van der Waals surface area contributed by atoms with Gasteiger partial charge < -0.3 is 5.73 Å². The van der Waals surface area contributed by atoms with Crippen LogP contribution in [0.4, 0.5) is 13.2 Å². The number of alkyl halides is 3. The monoisotopic (exact) mass is 207 g/mol. The Morgan fingerprint density at radius 3 is 2.71 bits per heavy atom. The number of nitrogens with zero attached hydrogens (tertiary/aromatic N) is 2. The summed E-state index contributed by atoms with van der Waals surface area (Å²) in [5.74, 6) is -0.787. The average molecular weight is 207 g/mol. The van der Waals surface area contributed by atoms with Crippen LogP contribution >= 0.6 is 0 Å². The van der Waals surface area contributed by atoms with Crippen LogP contribution in [-0.4, -0.2) is 21.9 Å². The highest BCUT2D eigenvalue weighted by molar-refractivity contribution is 5.90. The molecular weight excluding hydrogens is 199 g/mol. The lowest BCUT2D eigenvalue weighted by Crippen LogP contribution is -2.20. The second-order valence-electron chi connectivity index (χ2n) is 2.67. The summed E-state index contributed by atoms with van der Waals surface area (Å²) in [7, 11) is 0. The molecule has 7 heteroatoms. The predicted molar refractivity (Wildman–Crippen MR) is 41.4 cm³/mol. The maximum Gasteiger partial charge on any atom is 0.390 e. The number of aromatic nitrogens is 2. The number of hydrogen-bond acceptors (Lipinski definition) is 2. The average Bonchev–Trinajstić information content (AvgIpc) is 2.46. The van der Waals surface area contributed by atoms with Gasteiger partial charge in [0.05, 0.1) is 13.0 Å². The van der Waals surface area contributed by atoms with Gasteiger partial charge in [0.25, 0.3) is 5.91 Å². The molecule has 14 heavy (non-hydrogen) atoms. The van der Waals surface area contributed by atoms with Crippen LogP contribution < -0.4 is 5.73 Å². The van der Waals surface area contributed by atoms with Gasteiger partial charge in [0.15, 0.2) is 0 Å². The summed E-state index contributed by atoms with van der Waals surface area (Å²) < 4.78 is 36.4. The first-order valence-corrected chi connectivity index (χ1v) is 3.78. The molecule has 1 aromatic rings. The van der Waals surface area contributed by atoms with Gasteiger partial charge in [-0.1, -0.05) is 0 Å². The number of hydrogen-bond donors (Lipinski definition) is 1. The van der Waals surface area contributed by atoms with E-state index in [1.807, 2.05) is 0 Å². The topological polar surface area (TPSA) is 60.9 Å². The number of primary amides is 1. The minimum absolute atomic E-state index is 0.0192. The molecule has 78 valence electrons. The molecule has 0 unspecified atom stereocenters. The number of nitrogens with two attached hydrogens (primary N) is 1. The van der Waals surface area contributed by atoms with E-state index in [1.165, 1.54) is 12.3 Å². The number of carbonyl (C=O) groups excluding carboxylic acids is 1. The van der Waals surface area contributed by atoms with Crippen LogP contribution in [0.1, 0.15) is 16.9 Å². The first-order chi connectivity index (χ1) is 6.40. The first-order valence-electron chi connectivity index (χ1n) is 3.78. The number of amides is 1. The maximum atomic E-state index is 11.8. The zero-order chi connectivity index (χ0) is 10.8. The van der Waals surface area contributed by atoms with Crippen molar-refractivity contribution < 1.29 is 18.0 Å². The van der Waals surface area contributed by atoms with Gasteiger partial charge in [0.2, 0.25) is 0 Å². The Morgan fingerprint density at radius 2 is 2.21 bits per heavy atom. The van der Waals surface area contributed by atoms with Crippen LogP contribution in [0.2, 0.25) is 0 Å². The van der Waals surface area contributed by atoms with Gasteiger partial charge in [0, 0.05) is 6.20 Å². The zero-order valence-electron chi connectivity index (χ0n) is 7.08. The highest BCUT2D eigenvalue weighted by Crippen LogP contribution is 2.20. The number of halogens is 3. The molecule has 1 amide bonds. The van der Waals surface area contributed by atoms with Gasteiger partial charge in [-0.15, -0.1) is 0 Å². The van der Waals surface area contributed by atoms with Crippen molar-refractivity contribution in [2.75, 3.05) is 0 Å². The molecule has 1 rings (SSSR count). The van der Waals surface area contributed by atoms with E-state index < -0.39 is 25.0 Å². The van der Waals surface area contributed by atoms with Crippen LogP contribution in [0.5, 0.6) is 0 Å². The SMILES string of the molecule is NC(=O)c1ccnn1CCC(F)(F)F. The number of carbonyl (C=O) groups is 1. The van der Waals surface area contributed by atoms with Crippen LogP contribution in [0.15, 0.2) is 12.3 Å². The Bertz CT molecular complexity index is 331. The molecule has 0 aromatic carbocycles. The first kappa shape index (κ1) is 10.6. The second-order valence-corrected chi connectivity index (χ2v) is 2.67. The third-order valence-electron chi connectivity index (χ3n) is 1.58. The molecule has 1 heterocycles. The smallest absolute Gasteiger partial charge is 0.364 e. The van der Waals surface area contributed by atoms with Crippen molar-refractivity contribution >= 4 is 5.91 Å². The molecule has 0 spiro atoms. The summed E-state index contributed by atoms with van der Waals surface area (Å²) in [6.07, 6.45) is -4.06. The zero-order valence-corrected chi connectivity index (χ0v) is 7.08. The van der Waals surface area contributed by atoms with E-state index in [1.54, 1.807) is 0 Å². The quantitative estimate of drug-likeness (QED) is 0.801. The number of aryl methyl sites for hydroxylation is 1. The van der Waals surface area contributed by atoms with Crippen LogP contribution in [0.25, 0.3) is 0 Å². The number of rotatable bonds is 3. The van der Waals surface area contributed by atoms with Gasteiger partial charge in [-0.2, -0.15) is 18.3 Å². The fourth-order valence-electron chi connectivity index (χ4n) is 0.953. The normalized spacial score (nSPS) is 11.6. The van der Waals surface area contributed by atoms with Gasteiger partial charge in [-0.05, 0) is 6.07 Å². The Hall–Kier alpha value is -1.53. The maximum absolute atomic E-state index is 11.8. The van der Waals surface area contributed by atoms with Gasteiger partial charge in [-0.3, -0.25) is 9.48 Å². The van der Waals surface area contributed by atoms with Crippen molar-refractivity contribution in [1.29, 1.82) is 0 Å². The van der Waals surface area contributed by atoms with Crippen LogP contribution in [0, 0.1) is 0 Å². The lowest BCUT2D eigenvalue weighted by Gasteiger charge is -2.07. The molecule has 0 saturated carbocycles.